The first kappa shape index (κ1) is 22.6. The number of hydrogen-bond donors (Lipinski definition) is 4. The van der Waals surface area contributed by atoms with Crippen molar-refractivity contribution >= 4 is 33.5 Å². The van der Waals surface area contributed by atoms with Crippen LogP contribution in [0.25, 0.3) is 0 Å². The van der Waals surface area contributed by atoms with E-state index in [0.29, 0.717) is 5.69 Å². The third-order valence-corrected chi connectivity index (χ3v) is 5.09. The second kappa shape index (κ2) is 9.47. The maximum absolute atomic E-state index is 12.4. The van der Waals surface area contributed by atoms with Crippen LogP contribution in [0.5, 0.6) is 0 Å². The Kier molecular flexibility index (Phi) is 7.92. The zero-order valence-corrected chi connectivity index (χ0v) is 16.5. The molecule has 0 spiro atoms. The second-order valence-corrected chi connectivity index (χ2v) is 8.29. The van der Waals surface area contributed by atoms with Crippen molar-refractivity contribution in [1.82, 2.24) is 10.0 Å². The van der Waals surface area contributed by atoms with Crippen molar-refractivity contribution in [2.45, 2.75) is 51.1 Å². The van der Waals surface area contributed by atoms with Crippen LogP contribution in [0, 0.1) is 5.92 Å². The summed E-state index contributed by atoms with van der Waals surface area (Å²) < 4.78 is 27.0. The fraction of sp³-hybridized carbons (Fsp3) is 0.471. The van der Waals surface area contributed by atoms with Crippen LogP contribution < -0.4 is 15.4 Å². The number of aliphatic carboxylic acids is 1. The fourth-order valence-electron chi connectivity index (χ4n) is 2.26. The van der Waals surface area contributed by atoms with Crippen molar-refractivity contribution in [2.24, 2.45) is 5.92 Å². The highest BCUT2D eigenvalue weighted by molar-refractivity contribution is 7.89. The monoisotopic (exact) mass is 399 g/mol. The molecular formula is C17H25N3O6S. The van der Waals surface area contributed by atoms with Gasteiger partial charge in [-0.05, 0) is 43.5 Å². The molecule has 0 bridgehead atoms. The number of anilines is 1. The van der Waals surface area contributed by atoms with Crippen molar-refractivity contribution in [3.05, 3.63) is 24.3 Å². The summed E-state index contributed by atoms with van der Waals surface area (Å²) in [5, 5.41) is 14.0. The number of carboxylic acid groups (broad SMARTS) is 1. The summed E-state index contributed by atoms with van der Waals surface area (Å²) in [6.45, 7) is 6.29. The smallest absolute Gasteiger partial charge is 0.326 e. The Morgan fingerprint density at radius 2 is 1.63 bits per heavy atom. The Balaban J connectivity index is 2.81. The normalized spacial score (nSPS) is 13.7. The molecule has 0 aromatic heterocycles. The lowest BCUT2D eigenvalue weighted by molar-refractivity contribution is -0.142. The minimum Gasteiger partial charge on any atom is -0.480 e. The molecule has 0 saturated heterocycles. The summed E-state index contributed by atoms with van der Waals surface area (Å²) in [6, 6.07) is 3.15. The molecule has 0 aliphatic rings. The molecule has 0 heterocycles. The highest BCUT2D eigenvalue weighted by Gasteiger charge is 2.26. The van der Waals surface area contributed by atoms with Crippen molar-refractivity contribution in [2.75, 3.05) is 5.32 Å². The van der Waals surface area contributed by atoms with Crippen LogP contribution in [0.1, 0.15) is 34.1 Å². The quantitative estimate of drug-likeness (QED) is 0.487. The summed E-state index contributed by atoms with van der Waals surface area (Å²) in [6.07, 6.45) is 0.227. The average Bonchev–Trinajstić information content (AvgIpc) is 2.53. The number of benzene rings is 1. The molecule has 27 heavy (non-hydrogen) atoms. The van der Waals surface area contributed by atoms with E-state index < -0.39 is 34.0 Å². The van der Waals surface area contributed by atoms with E-state index in [1.165, 1.54) is 38.1 Å². The topological polar surface area (TPSA) is 142 Å². The van der Waals surface area contributed by atoms with Crippen LogP contribution in [-0.4, -0.2) is 43.4 Å². The van der Waals surface area contributed by atoms with Crippen LogP contribution in [-0.2, 0) is 24.4 Å². The van der Waals surface area contributed by atoms with Crippen LogP contribution in [0.2, 0.25) is 0 Å². The summed E-state index contributed by atoms with van der Waals surface area (Å²) in [7, 11) is -4.00. The molecule has 150 valence electrons. The standard InChI is InChI=1S/C17H25N3O6S/c1-10(2)9-15(17(23)24)19-16(22)11(3)20-27(25,26)14-7-5-13(6-8-14)18-12(4)21/h5-8,10-11,15,20H,9H2,1-4H3,(H,18,21)(H,19,22)(H,23,24)/t11?,15-/m0/s1. The number of amides is 2. The number of carboxylic acids is 1. The van der Waals surface area contributed by atoms with Gasteiger partial charge in [0.15, 0.2) is 0 Å². The van der Waals surface area contributed by atoms with Gasteiger partial charge in [0.05, 0.1) is 10.9 Å². The van der Waals surface area contributed by atoms with Crippen molar-refractivity contribution in [1.29, 1.82) is 0 Å². The highest BCUT2D eigenvalue weighted by Crippen LogP contribution is 2.14. The van der Waals surface area contributed by atoms with Gasteiger partial charge in [0.25, 0.3) is 0 Å². The van der Waals surface area contributed by atoms with E-state index in [2.05, 4.69) is 15.4 Å². The molecule has 4 N–H and O–H groups in total. The summed E-state index contributed by atoms with van der Waals surface area (Å²) >= 11 is 0. The van der Waals surface area contributed by atoms with Gasteiger partial charge in [0, 0.05) is 12.6 Å². The average molecular weight is 399 g/mol. The van der Waals surface area contributed by atoms with E-state index in [1.54, 1.807) is 0 Å². The van der Waals surface area contributed by atoms with E-state index in [4.69, 9.17) is 5.11 Å². The summed E-state index contributed by atoms with van der Waals surface area (Å²) in [5.74, 6) is -2.16. The van der Waals surface area contributed by atoms with E-state index in [1.807, 2.05) is 13.8 Å². The van der Waals surface area contributed by atoms with Gasteiger partial charge in [-0.25, -0.2) is 13.2 Å². The number of nitrogens with one attached hydrogen (secondary N) is 3. The zero-order chi connectivity index (χ0) is 20.8. The molecule has 0 aliphatic carbocycles. The SMILES string of the molecule is CC(=O)Nc1ccc(S(=O)(=O)NC(C)C(=O)N[C@@H](CC(C)C)C(=O)O)cc1. The van der Waals surface area contributed by atoms with Crippen LogP contribution in [0.4, 0.5) is 5.69 Å². The Labute approximate surface area is 158 Å². The maximum atomic E-state index is 12.4. The van der Waals surface area contributed by atoms with Gasteiger partial charge in [-0.3, -0.25) is 9.59 Å². The predicted molar refractivity (Wildman–Crippen MR) is 99.6 cm³/mol. The van der Waals surface area contributed by atoms with Gasteiger partial charge in [-0.2, -0.15) is 4.72 Å². The Hall–Kier alpha value is -2.46. The lowest BCUT2D eigenvalue weighted by Gasteiger charge is -2.20. The van der Waals surface area contributed by atoms with Crippen molar-refractivity contribution in [3.63, 3.8) is 0 Å². The molecule has 2 atom stereocenters. The molecule has 0 fully saturated rings. The first-order valence-electron chi connectivity index (χ1n) is 8.35. The second-order valence-electron chi connectivity index (χ2n) is 6.58. The molecule has 1 aromatic rings. The summed E-state index contributed by atoms with van der Waals surface area (Å²) in [4.78, 5) is 34.3. The van der Waals surface area contributed by atoms with E-state index in [-0.39, 0.29) is 23.1 Å². The van der Waals surface area contributed by atoms with Crippen molar-refractivity contribution < 1.29 is 27.9 Å². The third-order valence-electron chi connectivity index (χ3n) is 3.53. The molecule has 2 amide bonds. The van der Waals surface area contributed by atoms with Gasteiger partial charge < -0.3 is 15.7 Å². The number of hydrogen-bond acceptors (Lipinski definition) is 5. The van der Waals surface area contributed by atoms with Gasteiger partial charge in [-0.15, -0.1) is 0 Å². The van der Waals surface area contributed by atoms with Gasteiger partial charge in [-0.1, -0.05) is 13.8 Å². The molecule has 0 saturated carbocycles. The summed E-state index contributed by atoms with van der Waals surface area (Å²) in [5.41, 5.74) is 0.435. The lowest BCUT2D eigenvalue weighted by atomic mass is 10.0. The van der Waals surface area contributed by atoms with Gasteiger partial charge >= 0.3 is 5.97 Å². The Morgan fingerprint density at radius 3 is 2.07 bits per heavy atom. The minimum atomic E-state index is -4.00. The first-order chi connectivity index (χ1) is 12.4. The molecule has 1 rings (SSSR count). The molecule has 0 aliphatic heterocycles. The van der Waals surface area contributed by atoms with E-state index in [9.17, 15) is 22.8 Å². The van der Waals surface area contributed by atoms with Gasteiger partial charge in [0.1, 0.15) is 6.04 Å². The highest BCUT2D eigenvalue weighted by atomic mass is 32.2. The number of rotatable bonds is 9. The number of sulfonamides is 1. The van der Waals surface area contributed by atoms with Crippen molar-refractivity contribution in [3.8, 4) is 0 Å². The molecule has 10 heteroatoms. The maximum Gasteiger partial charge on any atom is 0.326 e. The Morgan fingerprint density at radius 1 is 1.07 bits per heavy atom. The third kappa shape index (κ3) is 7.35. The predicted octanol–water partition coefficient (Wildman–Crippen LogP) is 0.927. The van der Waals surface area contributed by atoms with Crippen LogP contribution >= 0.6 is 0 Å². The van der Waals surface area contributed by atoms with E-state index in [0.717, 1.165) is 0 Å². The minimum absolute atomic E-state index is 0.0422. The van der Waals surface area contributed by atoms with Gasteiger partial charge in [0.2, 0.25) is 21.8 Å². The molecular weight excluding hydrogens is 374 g/mol. The van der Waals surface area contributed by atoms with Crippen LogP contribution in [0.15, 0.2) is 29.2 Å². The molecule has 9 nitrogen and oxygen atoms in total. The van der Waals surface area contributed by atoms with Crippen LogP contribution in [0.3, 0.4) is 0 Å². The number of carbonyl (C=O) groups is 3. The molecule has 1 aromatic carbocycles. The fourth-order valence-corrected chi connectivity index (χ4v) is 3.47. The lowest BCUT2D eigenvalue weighted by Crippen LogP contribution is -2.50. The number of carbonyl (C=O) groups excluding carboxylic acids is 2. The molecule has 1 unspecified atom stereocenters. The zero-order valence-electron chi connectivity index (χ0n) is 15.6. The van der Waals surface area contributed by atoms with E-state index >= 15 is 0 Å². The Bertz CT molecular complexity index is 789. The first-order valence-corrected chi connectivity index (χ1v) is 9.84. The largest absolute Gasteiger partial charge is 0.480 e. The molecule has 0 radical (unpaired) electrons.